The Morgan fingerprint density at radius 2 is 2.12 bits per heavy atom. The van der Waals surface area contributed by atoms with E-state index in [-0.39, 0.29) is 10.8 Å². The summed E-state index contributed by atoms with van der Waals surface area (Å²) in [5.41, 5.74) is 0.648. The summed E-state index contributed by atoms with van der Waals surface area (Å²) < 4.78 is 32.7. The van der Waals surface area contributed by atoms with Crippen LogP contribution < -0.4 is 10.1 Å². The SMILES string of the molecule is CCCCCNC(=O)[C@H]1CCCN1S(=O)(=O)c1cc(OC)ccc1C. The van der Waals surface area contributed by atoms with E-state index in [4.69, 9.17) is 4.74 Å². The Labute approximate surface area is 150 Å². The van der Waals surface area contributed by atoms with Crippen LogP contribution in [-0.4, -0.2) is 44.9 Å². The summed E-state index contributed by atoms with van der Waals surface area (Å²) in [5.74, 6) is 0.293. The van der Waals surface area contributed by atoms with Gasteiger partial charge in [0.15, 0.2) is 0 Å². The zero-order chi connectivity index (χ0) is 18.4. The predicted molar refractivity (Wildman–Crippen MR) is 97.2 cm³/mol. The van der Waals surface area contributed by atoms with Crippen LogP contribution in [0.2, 0.25) is 0 Å². The molecule has 0 aromatic heterocycles. The van der Waals surface area contributed by atoms with Crippen molar-refractivity contribution in [3.05, 3.63) is 23.8 Å². The van der Waals surface area contributed by atoms with E-state index in [2.05, 4.69) is 12.2 Å². The third-order valence-electron chi connectivity index (χ3n) is 4.57. The maximum Gasteiger partial charge on any atom is 0.244 e. The number of aryl methyl sites for hydroxylation is 1. The predicted octanol–water partition coefficient (Wildman–Crippen LogP) is 2.46. The number of methoxy groups -OCH3 is 1. The summed E-state index contributed by atoms with van der Waals surface area (Å²) in [4.78, 5) is 12.7. The van der Waals surface area contributed by atoms with E-state index in [0.29, 0.717) is 37.2 Å². The van der Waals surface area contributed by atoms with Crippen molar-refractivity contribution in [2.75, 3.05) is 20.2 Å². The molecule has 1 aromatic rings. The molecule has 0 bridgehead atoms. The number of ether oxygens (including phenoxy) is 1. The first-order valence-electron chi connectivity index (χ1n) is 8.86. The second-order valence-electron chi connectivity index (χ2n) is 6.40. The van der Waals surface area contributed by atoms with Crippen LogP contribution in [0.25, 0.3) is 0 Å². The Kier molecular flexibility index (Phi) is 6.84. The highest BCUT2D eigenvalue weighted by molar-refractivity contribution is 7.89. The van der Waals surface area contributed by atoms with Gasteiger partial charge in [-0.1, -0.05) is 25.8 Å². The summed E-state index contributed by atoms with van der Waals surface area (Å²) >= 11 is 0. The summed E-state index contributed by atoms with van der Waals surface area (Å²) in [6, 6.07) is 4.36. The molecule has 1 saturated heterocycles. The zero-order valence-corrected chi connectivity index (χ0v) is 16.1. The van der Waals surface area contributed by atoms with Gasteiger partial charge in [-0.15, -0.1) is 0 Å². The molecular weight excluding hydrogens is 340 g/mol. The van der Waals surface area contributed by atoms with Crippen molar-refractivity contribution in [3.8, 4) is 5.75 Å². The Morgan fingerprint density at radius 3 is 2.80 bits per heavy atom. The first kappa shape index (κ1) is 19.7. The maximum absolute atomic E-state index is 13.1. The Hall–Kier alpha value is -1.60. The summed E-state index contributed by atoms with van der Waals surface area (Å²) in [5, 5.41) is 2.88. The van der Waals surface area contributed by atoms with E-state index in [1.54, 1.807) is 19.1 Å². The van der Waals surface area contributed by atoms with Crippen LogP contribution in [0.5, 0.6) is 5.75 Å². The van der Waals surface area contributed by atoms with E-state index in [0.717, 1.165) is 19.3 Å². The maximum atomic E-state index is 13.1. The van der Waals surface area contributed by atoms with E-state index in [9.17, 15) is 13.2 Å². The summed E-state index contributed by atoms with van der Waals surface area (Å²) in [7, 11) is -2.24. The topological polar surface area (TPSA) is 75.7 Å². The lowest BCUT2D eigenvalue weighted by Crippen LogP contribution is -2.46. The number of rotatable bonds is 8. The van der Waals surface area contributed by atoms with Crippen molar-refractivity contribution in [2.24, 2.45) is 0 Å². The molecule has 0 aliphatic carbocycles. The first-order valence-corrected chi connectivity index (χ1v) is 10.3. The van der Waals surface area contributed by atoms with Crippen LogP contribution >= 0.6 is 0 Å². The monoisotopic (exact) mass is 368 g/mol. The minimum Gasteiger partial charge on any atom is -0.497 e. The van der Waals surface area contributed by atoms with Crippen LogP contribution in [0.15, 0.2) is 23.1 Å². The molecule has 0 radical (unpaired) electrons. The highest BCUT2D eigenvalue weighted by atomic mass is 32.2. The highest BCUT2D eigenvalue weighted by Crippen LogP contribution is 2.30. The number of sulfonamides is 1. The number of amides is 1. The van der Waals surface area contributed by atoms with E-state index in [1.807, 2.05) is 0 Å². The lowest BCUT2D eigenvalue weighted by atomic mass is 10.2. The molecule has 2 rings (SSSR count). The van der Waals surface area contributed by atoms with Gasteiger partial charge < -0.3 is 10.1 Å². The van der Waals surface area contributed by atoms with Crippen molar-refractivity contribution in [1.29, 1.82) is 0 Å². The lowest BCUT2D eigenvalue weighted by Gasteiger charge is -2.24. The highest BCUT2D eigenvalue weighted by Gasteiger charge is 2.39. The number of nitrogens with one attached hydrogen (secondary N) is 1. The smallest absolute Gasteiger partial charge is 0.244 e. The fourth-order valence-corrected chi connectivity index (χ4v) is 5.00. The molecule has 6 nitrogen and oxygen atoms in total. The fraction of sp³-hybridized carbons (Fsp3) is 0.611. The third-order valence-corrected chi connectivity index (χ3v) is 6.62. The molecule has 0 saturated carbocycles. The zero-order valence-electron chi connectivity index (χ0n) is 15.2. The molecule has 1 aliphatic rings. The molecule has 140 valence electrons. The quantitative estimate of drug-likeness (QED) is 0.715. The average Bonchev–Trinajstić information content (AvgIpc) is 3.09. The van der Waals surface area contributed by atoms with E-state index < -0.39 is 16.1 Å². The normalized spacial score (nSPS) is 18.3. The van der Waals surface area contributed by atoms with Gasteiger partial charge in [0, 0.05) is 19.2 Å². The molecule has 25 heavy (non-hydrogen) atoms. The number of hydrogen-bond acceptors (Lipinski definition) is 4. The van der Waals surface area contributed by atoms with Crippen LogP contribution in [-0.2, 0) is 14.8 Å². The van der Waals surface area contributed by atoms with Crippen molar-refractivity contribution in [2.45, 2.75) is 56.9 Å². The number of carbonyl (C=O) groups excluding carboxylic acids is 1. The number of unbranched alkanes of at least 4 members (excludes halogenated alkanes) is 2. The minimum atomic E-state index is -3.74. The summed E-state index contributed by atoms with van der Waals surface area (Å²) in [6.45, 7) is 4.81. The average molecular weight is 368 g/mol. The van der Waals surface area contributed by atoms with E-state index >= 15 is 0 Å². The van der Waals surface area contributed by atoms with E-state index in [1.165, 1.54) is 17.5 Å². The Balaban J connectivity index is 2.19. The Bertz CT molecular complexity index is 703. The van der Waals surface area contributed by atoms with Crippen LogP contribution in [0.1, 0.15) is 44.6 Å². The van der Waals surface area contributed by atoms with Crippen LogP contribution in [0.3, 0.4) is 0 Å². The third kappa shape index (κ3) is 4.52. The van der Waals surface area contributed by atoms with Gasteiger partial charge in [0.05, 0.1) is 12.0 Å². The van der Waals surface area contributed by atoms with Gasteiger partial charge in [-0.05, 0) is 37.8 Å². The van der Waals surface area contributed by atoms with Crippen molar-refractivity contribution in [1.82, 2.24) is 9.62 Å². The minimum absolute atomic E-state index is 0.197. The largest absolute Gasteiger partial charge is 0.497 e. The lowest BCUT2D eigenvalue weighted by molar-refractivity contribution is -0.124. The molecule has 1 fully saturated rings. The van der Waals surface area contributed by atoms with Gasteiger partial charge in [-0.25, -0.2) is 8.42 Å². The molecule has 0 spiro atoms. The molecule has 1 N–H and O–H groups in total. The van der Waals surface area contributed by atoms with Crippen molar-refractivity contribution in [3.63, 3.8) is 0 Å². The van der Waals surface area contributed by atoms with Crippen molar-refractivity contribution >= 4 is 15.9 Å². The van der Waals surface area contributed by atoms with Crippen LogP contribution in [0, 0.1) is 6.92 Å². The summed E-state index contributed by atoms with van der Waals surface area (Å²) in [6.07, 6.45) is 4.29. The van der Waals surface area contributed by atoms with Crippen molar-refractivity contribution < 1.29 is 17.9 Å². The second-order valence-corrected chi connectivity index (χ2v) is 8.26. The second kappa shape index (κ2) is 8.67. The molecule has 1 amide bonds. The van der Waals surface area contributed by atoms with Gasteiger partial charge in [0.1, 0.15) is 11.8 Å². The fourth-order valence-electron chi connectivity index (χ4n) is 3.11. The molecule has 7 heteroatoms. The molecule has 1 aromatic carbocycles. The molecule has 1 heterocycles. The Morgan fingerprint density at radius 1 is 1.36 bits per heavy atom. The first-order chi connectivity index (χ1) is 11.9. The van der Waals surface area contributed by atoms with Gasteiger partial charge in [-0.2, -0.15) is 4.31 Å². The number of hydrogen-bond donors (Lipinski definition) is 1. The van der Waals surface area contributed by atoms with Crippen LogP contribution in [0.4, 0.5) is 0 Å². The number of nitrogens with zero attached hydrogens (tertiary/aromatic N) is 1. The van der Waals surface area contributed by atoms with Gasteiger partial charge in [0.2, 0.25) is 15.9 Å². The van der Waals surface area contributed by atoms with Gasteiger partial charge in [0.25, 0.3) is 0 Å². The standard InChI is InChI=1S/C18H28N2O4S/c1-4-5-6-11-19-18(21)16-8-7-12-20(16)25(22,23)17-13-15(24-3)10-9-14(17)2/h9-10,13,16H,4-8,11-12H2,1-3H3,(H,19,21)/t16-/m1/s1. The number of carbonyl (C=O) groups is 1. The van der Waals surface area contributed by atoms with Gasteiger partial charge >= 0.3 is 0 Å². The molecule has 0 unspecified atom stereocenters. The molecular formula is C18H28N2O4S. The molecule has 1 aliphatic heterocycles. The molecule has 1 atom stereocenters. The van der Waals surface area contributed by atoms with Gasteiger partial charge in [-0.3, -0.25) is 4.79 Å². The number of benzene rings is 1.